The molecule has 6 nitrogen and oxygen atoms in total. The molecule has 3 aromatic rings. The number of para-hydroxylation sites is 1. The molecule has 1 fully saturated rings. The van der Waals surface area contributed by atoms with Gasteiger partial charge in [-0.1, -0.05) is 41.4 Å². The van der Waals surface area contributed by atoms with E-state index in [1.807, 2.05) is 37.3 Å². The fourth-order valence-electron chi connectivity index (χ4n) is 3.75. The number of pyridine rings is 1. The van der Waals surface area contributed by atoms with Gasteiger partial charge < -0.3 is 5.32 Å². The first-order valence-corrected chi connectivity index (χ1v) is 12.1. The number of halogens is 2. The zero-order valence-electron chi connectivity index (χ0n) is 16.8. The van der Waals surface area contributed by atoms with E-state index in [1.165, 1.54) is 16.4 Å². The van der Waals surface area contributed by atoms with Crippen molar-refractivity contribution in [3.63, 3.8) is 0 Å². The maximum atomic E-state index is 13.0. The number of nitrogens with one attached hydrogen (secondary N) is 1. The third kappa shape index (κ3) is 4.55. The summed E-state index contributed by atoms with van der Waals surface area (Å²) in [5.41, 5.74) is 2.27. The van der Waals surface area contributed by atoms with Crippen molar-refractivity contribution in [2.24, 2.45) is 5.92 Å². The summed E-state index contributed by atoms with van der Waals surface area (Å²) in [6, 6.07) is 13.9. The van der Waals surface area contributed by atoms with Crippen molar-refractivity contribution in [1.29, 1.82) is 0 Å². The second-order valence-electron chi connectivity index (χ2n) is 7.57. The van der Waals surface area contributed by atoms with E-state index in [1.54, 1.807) is 6.07 Å². The normalized spacial score (nSPS) is 15.8. The van der Waals surface area contributed by atoms with Crippen LogP contribution in [0.25, 0.3) is 10.9 Å². The van der Waals surface area contributed by atoms with Crippen LogP contribution >= 0.6 is 23.2 Å². The van der Waals surface area contributed by atoms with Crippen molar-refractivity contribution in [2.75, 3.05) is 18.4 Å². The Kier molecular flexibility index (Phi) is 6.21. The molecule has 1 N–H and O–H groups in total. The van der Waals surface area contributed by atoms with Crippen molar-refractivity contribution in [2.45, 2.75) is 24.7 Å². The SMILES string of the molecule is Cc1ccc2cccc(NC(=O)C3CCN(S(=O)(=O)c4cc(Cl)ccc4Cl)CC3)c2n1. The van der Waals surface area contributed by atoms with Crippen molar-refractivity contribution in [3.8, 4) is 0 Å². The molecule has 2 aromatic carbocycles. The van der Waals surface area contributed by atoms with Crippen LogP contribution in [-0.4, -0.2) is 36.7 Å². The maximum absolute atomic E-state index is 13.0. The first-order valence-electron chi connectivity index (χ1n) is 9.88. The molecule has 0 bridgehead atoms. The average Bonchev–Trinajstić information content (AvgIpc) is 2.76. The number of anilines is 1. The van der Waals surface area contributed by atoms with E-state index in [0.29, 0.717) is 23.6 Å². The van der Waals surface area contributed by atoms with Crippen LogP contribution in [0.1, 0.15) is 18.5 Å². The Morgan fingerprint density at radius 3 is 2.58 bits per heavy atom. The highest BCUT2D eigenvalue weighted by Gasteiger charge is 2.33. The van der Waals surface area contributed by atoms with E-state index < -0.39 is 10.0 Å². The summed E-state index contributed by atoms with van der Waals surface area (Å²) in [4.78, 5) is 17.4. The maximum Gasteiger partial charge on any atom is 0.244 e. The number of piperidine rings is 1. The van der Waals surface area contributed by atoms with Crippen LogP contribution < -0.4 is 5.32 Å². The van der Waals surface area contributed by atoms with Gasteiger partial charge in [0.2, 0.25) is 15.9 Å². The van der Waals surface area contributed by atoms with Crippen LogP contribution in [0.2, 0.25) is 10.0 Å². The molecule has 0 spiro atoms. The van der Waals surface area contributed by atoms with Gasteiger partial charge in [-0.15, -0.1) is 0 Å². The quantitative estimate of drug-likeness (QED) is 0.579. The van der Waals surface area contributed by atoms with Crippen LogP contribution in [0.15, 0.2) is 53.4 Å². The molecule has 1 aromatic heterocycles. The number of sulfonamides is 1. The molecule has 162 valence electrons. The highest BCUT2D eigenvalue weighted by Crippen LogP contribution is 2.31. The van der Waals surface area contributed by atoms with Gasteiger partial charge in [0, 0.05) is 35.1 Å². The topological polar surface area (TPSA) is 79.4 Å². The Morgan fingerprint density at radius 1 is 1.10 bits per heavy atom. The lowest BCUT2D eigenvalue weighted by Gasteiger charge is -2.30. The van der Waals surface area contributed by atoms with Crippen molar-refractivity contribution >= 4 is 55.7 Å². The summed E-state index contributed by atoms with van der Waals surface area (Å²) in [6.07, 6.45) is 0.834. The Balaban J connectivity index is 1.46. The molecule has 2 heterocycles. The van der Waals surface area contributed by atoms with Gasteiger partial charge in [0.15, 0.2) is 0 Å². The van der Waals surface area contributed by atoms with Gasteiger partial charge in [0.1, 0.15) is 4.90 Å². The number of benzene rings is 2. The molecule has 1 amide bonds. The monoisotopic (exact) mass is 477 g/mol. The number of aryl methyl sites for hydroxylation is 1. The molecule has 1 aliphatic heterocycles. The van der Waals surface area contributed by atoms with Crippen molar-refractivity contribution in [1.82, 2.24) is 9.29 Å². The van der Waals surface area contributed by atoms with Gasteiger partial charge in [-0.2, -0.15) is 4.31 Å². The Morgan fingerprint density at radius 2 is 1.84 bits per heavy atom. The Hall–Kier alpha value is -2.19. The third-order valence-electron chi connectivity index (χ3n) is 5.45. The molecule has 0 unspecified atom stereocenters. The minimum absolute atomic E-state index is 0.0123. The van der Waals surface area contributed by atoms with E-state index in [-0.39, 0.29) is 34.8 Å². The number of carbonyl (C=O) groups excluding carboxylic acids is 1. The third-order valence-corrected chi connectivity index (χ3v) is 8.07. The number of nitrogens with zero attached hydrogens (tertiary/aromatic N) is 2. The zero-order valence-corrected chi connectivity index (χ0v) is 19.1. The Labute approximate surface area is 191 Å². The first kappa shape index (κ1) is 22.0. The number of amides is 1. The molecular weight excluding hydrogens is 457 g/mol. The lowest BCUT2D eigenvalue weighted by atomic mass is 9.97. The second kappa shape index (κ2) is 8.74. The number of rotatable bonds is 4. The lowest BCUT2D eigenvalue weighted by molar-refractivity contribution is -0.120. The van der Waals surface area contributed by atoms with Gasteiger partial charge in [0.25, 0.3) is 0 Å². The zero-order chi connectivity index (χ0) is 22.2. The summed E-state index contributed by atoms with van der Waals surface area (Å²) in [5, 5.41) is 4.35. The van der Waals surface area contributed by atoms with E-state index in [2.05, 4.69) is 10.3 Å². The number of fused-ring (bicyclic) bond motifs is 1. The molecular formula is C22H21Cl2N3O3S. The standard InChI is InChI=1S/C22H21Cl2N3O3S/c1-14-5-6-15-3-2-4-19(21(15)25-14)26-22(28)16-9-11-27(12-10-16)31(29,30)20-13-17(23)7-8-18(20)24/h2-8,13,16H,9-12H2,1H3,(H,26,28). The van der Waals surface area contributed by atoms with Crippen LogP contribution in [-0.2, 0) is 14.8 Å². The smallest absolute Gasteiger partial charge is 0.244 e. The molecule has 4 rings (SSSR count). The summed E-state index contributed by atoms with van der Waals surface area (Å²) < 4.78 is 27.3. The number of aromatic nitrogens is 1. The van der Waals surface area contributed by atoms with E-state index >= 15 is 0 Å². The first-order chi connectivity index (χ1) is 14.8. The molecule has 1 saturated heterocycles. The molecule has 1 aliphatic rings. The number of carbonyl (C=O) groups is 1. The highest BCUT2D eigenvalue weighted by atomic mass is 35.5. The van der Waals surface area contributed by atoms with Crippen molar-refractivity contribution < 1.29 is 13.2 Å². The van der Waals surface area contributed by atoms with E-state index in [0.717, 1.165) is 16.6 Å². The second-order valence-corrected chi connectivity index (χ2v) is 10.3. The van der Waals surface area contributed by atoms with Crippen LogP contribution in [0.4, 0.5) is 5.69 Å². The van der Waals surface area contributed by atoms with E-state index in [9.17, 15) is 13.2 Å². The van der Waals surface area contributed by atoms with Crippen molar-refractivity contribution in [3.05, 3.63) is 64.3 Å². The fourth-order valence-corrected chi connectivity index (χ4v) is 5.96. The molecule has 31 heavy (non-hydrogen) atoms. The molecule has 0 atom stereocenters. The minimum Gasteiger partial charge on any atom is -0.324 e. The van der Waals surface area contributed by atoms with Crippen LogP contribution in [0.5, 0.6) is 0 Å². The molecule has 0 radical (unpaired) electrons. The van der Waals surface area contributed by atoms with Gasteiger partial charge in [-0.05, 0) is 50.1 Å². The number of hydrogen-bond acceptors (Lipinski definition) is 4. The molecule has 0 aliphatic carbocycles. The number of hydrogen-bond donors (Lipinski definition) is 1. The van der Waals surface area contributed by atoms with Gasteiger partial charge >= 0.3 is 0 Å². The van der Waals surface area contributed by atoms with Crippen LogP contribution in [0.3, 0.4) is 0 Å². The van der Waals surface area contributed by atoms with Gasteiger partial charge in [-0.25, -0.2) is 8.42 Å². The molecule has 0 saturated carbocycles. The fraction of sp³-hybridized carbons (Fsp3) is 0.273. The predicted octanol–water partition coefficient (Wildman–Crippen LogP) is 4.89. The highest BCUT2D eigenvalue weighted by molar-refractivity contribution is 7.89. The summed E-state index contributed by atoms with van der Waals surface area (Å²) in [7, 11) is -3.78. The summed E-state index contributed by atoms with van der Waals surface area (Å²) >= 11 is 12.0. The average molecular weight is 478 g/mol. The lowest BCUT2D eigenvalue weighted by Crippen LogP contribution is -2.41. The molecule has 9 heteroatoms. The van der Waals surface area contributed by atoms with E-state index in [4.69, 9.17) is 23.2 Å². The van der Waals surface area contributed by atoms with Gasteiger partial charge in [-0.3, -0.25) is 9.78 Å². The van der Waals surface area contributed by atoms with Gasteiger partial charge in [0.05, 0.1) is 16.2 Å². The Bertz CT molecular complexity index is 1260. The van der Waals surface area contributed by atoms with Crippen LogP contribution in [0, 0.1) is 12.8 Å². The minimum atomic E-state index is -3.78. The summed E-state index contributed by atoms with van der Waals surface area (Å²) in [6.45, 7) is 2.37. The predicted molar refractivity (Wildman–Crippen MR) is 123 cm³/mol. The summed E-state index contributed by atoms with van der Waals surface area (Å²) in [5.74, 6) is -0.421. The largest absolute Gasteiger partial charge is 0.324 e.